The molecule has 0 atom stereocenters. The van der Waals surface area contributed by atoms with Gasteiger partial charge in [-0.15, -0.1) is 0 Å². The first-order chi connectivity index (χ1) is 12.2. The number of amides is 1. The highest BCUT2D eigenvalue weighted by Crippen LogP contribution is 2.16. The molecule has 0 aliphatic rings. The standard InChI is InChI=1S/C19H23N3O3/c1-3-24-17-11-9-16(10-12-17)20-14-19(23)22-21-13-15-7-5-6-8-18(15)25-4-2/h5-13,20H,3-4,14H2,1-2H3,(H,22,23)/b21-13+. The zero-order valence-electron chi connectivity index (χ0n) is 14.5. The summed E-state index contributed by atoms with van der Waals surface area (Å²) in [5.41, 5.74) is 4.14. The number of hydrogen-bond acceptors (Lipinski definition) is 5. The van der Waals surface area contributed by atoms with Crippen LogP contribution in [-0.4, -0.2) is 31.9 Å². The number of carbonyl (C=O) groups excluding carboxylic acids is 1. The minimum absolute atomic E-state index is 0.123. The molecule has 132 valence electrons. The number of benzene rings is 2. The summed E-state index contributed by atoms with van der Waals surface area (Å²) in [6.45, 7) is 5.17. The molecular weight excluding hydrogens is 318 g/mol. The lowest BCUT2D eigenvalue weighted by Crippen LogP contribution is -2.25. The maximum absolute atomic E-state index is 11.8. The minimum atomic E-state index is -0.237. The van der Waals surface area contributed by atoms with Crippen molar-refractivity contribution in [1.29, 1.82) is 0 Å². The predicted octanol–water partition coefficient (Wildman–Crippen LogP) is 3.05. The molecule has 2 aromatic carbocycles. The number of ether oxygens (including phenoxy) is 2. The van der Waals surface area contributed by atoms with E-state index < -0.39 is 0 Å². The van der Waals surface area contributed by atoms with E-state index in [4.69, 9.17) is 9.47 Å². The monoisotopic (exact) mass is 341 g/mol. The Hall–Kier alpha value is -3.02. The van der Waals surface area contributed by atoms with Crippen molar-refractivity contribution in [3.63, 3.8) is 0 Å². The number of para-hydroxylation sites is 1. The van der Waals surface area contributed by atoms with E-state index in [1.165, 1.54) is 0 Å². The van der Waals surface area contributed by atoms with Crippen LogP contribution in [-0.2, 0) is 4.79 Å². The van der Waals surface area contributed by atoms with Crippen LogP contribution in [0.1, 0.15) is 19.4 Å². The van der Waals surface area contributed by atoms with Gasteiger partial charge in [-0.3, -0.25) is 4.79 Å². The Morgan fingerprint density at radius 2 is 1.76 bits per heavy atom. The van der Waals surface area contributed by atoms with Gasteiger partial charge in [0, 0.05) is 11.3 Å². The quantitative estimate of drug-likeness (QED) is 0.543. The van der Waals surface area contributed by atoms with Crippen molar-refractivity contribution in [1.82, 2.24) is 5.43 Å². The summed E-state index contributed by atoms with van der Waals surface area (Å²) in [5, 5.41) is 7.00. The Kier molecular flexibility index (Phi) is 7.31. The summed E-state index contributed by atoms with van der Waals surface area (Å²) in [6, 6.07) is 14.9. The average molecular weight is 341 g/mol. The molecule has 0 radical (unpaired) electrons. The Balaban J connectivity index is 1.80. The topological polar surface area (TPSA) is 72.0 Å². The highest BCUT2D eigenvalue weighted by molar-refractivity contribution is 5.86. The first kappa shape index (κ1) is 18.3. The molecule has 0 aliphatic carbocycles. The maximum Gasteiger partial charge on any atom is 0.259 e. The van der Waals surface area contributed by atoms with Gasteiger partial charge in [0.15, 0.2) is 0 Å². The van der Waals surface area contributed by atoms with Gasteiger partial charge in [0.05, 0.1) is 26.0 Å². The molecule has 0 fully saturated rings. The Bertz CT molecular complexity index is 699. The number of anilines is 1. The molecule has 0 heterocycles. The van der Waals surface area contributed by atoms with Crippen molar-refractivity contribution in [3.8, 4) is 11.5 Å². The third-order valence-electron chi connectivity index (χ3n) is 3.23. The van der Waals surface area contributed by atoms with E-state index >= 15 is 0 Å². The number of hydrogen-bond donors (Lipinski definition) is 2. The van der Waals surface area contributed by atoms with Crippen molar-refractivity contribution in [3.05, 3.63) is 54.1 Å². The van der Waals surface area contributed by atoms with Crippen molar-refractivity contribution in [2.45, 2.75) is 13.8 Å². The van der Waals surface area contributed by atoms with E-state index in [0.29, 0.717) is 13.2 Å². The molecule has 0 saturated heterocycles. The van der Waals surface area contributed by atoms with E-state index in [0.717, 1.165) is 22.7 Å². The van der Waals surface area contributed by atoms with Crippen LogP contribution in [0, 0.1) is 0 Å². The molecule has 0 saturated carbocycles. The Labute approximate surface area is 147 Å². The number of nitrogens with zero attached hydrogens (tertiary/aromatic N) is 1. The molecule has 25 heavy (non-hydrogen) atoms. The van der Waals surface area contributed by atoms with Crippen LogP contribution in [0.5, 0.6) is 11.5 Å². The van der Waals surface area contributed by atoms with Crippen LogP contribution in [0.25, 0.3) is 0 Å². The summed E-state index contributed by atoms with van der Waals surface area (Å²) >= 11 is 0. The highest BCUT2D eigenvalue weighted by atomic mass is 16.5. The molecule has 0 bridgehead atoms. The van der Waals surface area contributed by atoms with Gasteiger partial charge < -0.3 is 14.8 Å². The molecule has 0 aliphatic heterocycles. The second kappa shape index (κ2) is 9.97. The van der Waals surface area contributed by atoms with E-state index in [1.54, 1.807) is 6.21 Å². The number of nitrogens with one attached hydrogen (secondary N) is 2. The van der Waals surface area contributed by atoms with E-state index in [-0.39, 0.29) is 12.5 Å². The first-order valence-corrected chi connectivity index (χ1v) is 8.23. The van der Waals surface area contributed by atoms with Crippen LogP contribution in [0.4, 0.5) is 5.69 Å². The van der Waals surface area contributed by atoms with Gasteiger partial charge in [0.2, 0.25) is 0 Å². The average Bonchev–Trinajstić information content (AvgIpc) is 2.63. The van der Waals surface area contributed by atoms with Gasteiger partial charge in [0.25, 0.3) is 5.91 Å². The van der Waals surface area contributed by atoms with Crippen LogP contribution >= 0.6 is 0 Å². The summed E-state index contributed by atoms with van der Waals surface area (Å²) in [5.74, 6) is 1.30. The third-order valence-corrected chi connectivity index (χ3v) is 3.23. The maximum atomic E-state index is 11.8. The summed E-state index contributed by atoms with van der Waals surface area (Å²) < 4.78 is 10.9. The molecule has 2 rings (SSSR count). The fraction of sp³-hybridized carbons (Fsp3) is 0.263. The zero-order chi connectivity index (χ0) is 17.9. The Morgan fingerprint density at radius 3 is 2.48 bits per heavy atom. The fourth-order valence-corrected chi connectivity index (χ4v) is 2.11. The van der Waals surface area contributed by atoms with Crippen LogP contribution in [0.15, 0.2) is 53.6 Å². The smallest absolute Gasteiger partial charge is 0.259 e. The summed E-state index contributed by atoms with van der Waals surface area (Å²) in [7, 11) is 0. The van der Waals surface area contributed by atoms with Gasteiger partial charge in [-0.1, -0.05) is 12.1 Å². The molecule has 0 unspecified atom stereocenters. The third kappa shape index (κ3) is 6.18. The minimum Gasteiger partial charge on any atom is -0.494 e. The zero-order valence-corrected chi connectivity index (χ0v) is 14.5. The van der Waals surface area contributed by atoms with E-state index in [1.807, 2.05) is 62.4 Å². The summed E-state index contributed by atoms with van der Waals surface area (Å²) in [6.07, 6.45) is 1.57. The molecule has 0 aromatic heterocycles. The normalized spacial score (nSPS) is 10.5. The molecule has 6 heteroatoms. The van der Waals surface area contributed by atoms with Crippen molar-refractivity contribution >= 4 is 17.8 Å². The van der Waals surface area contributed by atoms with E-state index in [9.17, 15) is 4.79 Å². The van der Waals surface area contributed by atoms with E-state index in [2.05, 4.69) is 15.8 Å². The van der Waals surface area contributed by atoms with Crippen molar-refractivity contribution in [2.24, 2.45) is 5.10 Å². The first-order valence-electron chi connectivity index (χ1n) is 8.23. The highest BCUT2D eigenvalue weighted by Gasteiger charge is 2.02. The van der Waals surface area contributed by atoms with Gasteiger partial charge in [-0.05, 0) is 50.2 Å². The summed E-state index contributed by atoms with van der Waals surface area (Å²) in [4.78, 5) is 11.8. The largest absolute Gasteiger partial charge is 0.494 e. The lowest BCUT2D eigenvalue weighted by Gasteiger charge is -2.07. The molecular formula is C19H23N3O3. The SMILES string of the molecule is CCOc1ccc(NCC(=O)N/N=C/c2ccccc2OCC)cc1. The molecule has 6 nitrogen and oxygen atoms in total. The molecule has 2 aromatic rings. The van der Waals surface area contributed by atoms with Gasteiger partial charge >= 0.3 is 0 Å². The van der Waals surface area contributed by atoms with Gasteiger partial charge in [-0.25, -0.2) is 5.43 Å². The molecule has 2 N–H and O–H groups in total. The second-order valence-corrected chi connectivity index (χ2v) is 5.07. The molecule has 1 amide bonds. The van der Waals surface area contributed by atoms with Crippen LogP contribution in [0.3, 0.4) is 0 Å². The van der Waals surface area contributed by atoms with Gasteiger partial charge in [0.1, 0.15) is 11.5 Å². The second-order valence-electron chi connectivity index (χ2n) is 5.07. The van der Waals surface area contributed by atoms with Crippen LogP contribution < -0.4 is 20.2 Å². The van der Waals surface area contributed by atoms with Crippen molar-refractivity contribution in [2.75, 3.05) is 25.1 Å². The molecule has 0 spiro atoms. The lowest BCUT2D eigenvalue weighted by atomic mass is 10.2. The lowest BCUT2D eigenvalue weighted by molar-refractivity contribution is -0.119. The van der Waals surface area contributed by atoms with Crippen molar-refractivity contribution < 1.29 is 14.3 Å². The van der Waals surface area contributed by atoms with Crippen LogP contribution in [0.2, 0.25) is 0 Å². The Morgan fingerprint density at radius 1 is 1.04 bits per heavy atom. The number of hydrazone groups is 1. The predicted molar refractivity (Wildman–Crippen MR) is 99.4 cm³/mol. The fourth-order valence-electron chi connectivity index (χ4n) is 2.11. The number of carbonyl (C=O) groups is 1. The number of rotatable bonds is 9. The van der Waals surface area contributed by atoms with Gasteiger partial charge in [-0.2, -0.15) is 5.10 Å².